The summed E-state index contributed by atoms with van der Waals surface area (Å²) in [5.74, 6) is 0.855. The van der Waals surface area contributed by atoms with Crippen LogP contribution in [0.15, 0.2) is 18.3 Å². The molecule has 2 rings (SSSR count). The molecule has 0 aromatic carbocycles. The van der Waals surface area contributed by atoms with Crippen LogP contribution < -0.4 is 4.90 Å². The van der Waals surface area contributed by atoms with Gasteiger partial charge in [0, 0.05) is 13.2 Å². The molecule has 1 aromatic rings. The molecule has 2 unspecified atom stereocenters. The normalized spacial score (nSPS) is 24.6. The van der Waals surface area contributed by atoms with Crippen molar-refractivity contribution in [3.63, 3.8) is 0 Å². The molecule has 1 heterocycles. The molecular formula is C13H20N2O2. The number of anilines is 1. The summed E-state index contributed by atoms with van der Waals surface area (Å²) in [6.07, 6.45) is 5.60. The first kappa shape index (κ1) is 12.3. The second-order valence-electron chi connectivity index (χ2n) is 4.71. The predicted molar refractivity (Wildman–Crippen MR) is 66.8 cm³/mol. The molecule has 2 atom stereocenters. The summed E-state index contributed by atoms with van der Waals surface area (Å²) in [5, 5.41) is 19.0. The van der Waals surface area contributed by atoms with Crippen molar-refractivity contribution in [2.45, 2.75) is 44.4 Å². The van der Waals surface area contributed by atoms with E-state index in [9.17, 15) is 5.11 Å². The van der Waals surface area contributed by atoms with Gasteiger partial charge in [-0.15, -0.1) is 0 Å². The lowest BCUT2D eigenvalue weighted by atomic mass is 9.91. The monoisotopic (exact) mass is 236 g/mol. The molecule has 0 radical (unpaired) electrons. The van der Waals surface area contributed by atoms with Crippen LogP contribution in [-0.4, -0.2) is 34.4 Å². The Morgan fingerprint density at radius 1 is 1.35 bits per heavy atom. The quantitative estimate of drug-likeness (QED) is 0.831. The van der Waals surface area contributed by atoms with E-state index in [-0.39, 0.29) is 18.8 Å². The average Bonchev–Trinajstić information content (AvgIpc) is 2.39. The standard InChI is InChI=1S/C13H20N2O2/c1-15(11-4-2-3-5-12(11)17)13-7-6-10(9-16)8-14-13/h6-8,11-12,16-17H,2-5,9H2,1H3. The molecule has 0 aliphatic heterocycles. The fourth-order valence-corrected chi connectivity index (χ4v) is 2.43. The van der Waals surface area contributed by atoms with Crippen LogP contribution >= 0.6 is 0 Å². The van der Waals surface area contributed by atoms with E-state index in [0.29, 0.717) is 0 Å². The minimum atomic E-state index is -0.256. The second kappa shape index (κ2) is 5.47. The minimum Gasteiger partial charge on any atom is -0.392 e. The predicted octanol–water partition coefficient (Wildman–Crippen LogP) is 1.31. The molecule has 1 aliphatic carbocycles. The average molecular weight is 236 g/mol. The van der Waals surface area contributed by atoms with E-state index in [1.165, 1.54) is 6.42 Å². The Balaban J connectivity index is 2.09. The molecular weight excluding hydrogens is 216 g/mol. The molecule has 1 fully saturated rings. The van der Waals surface area contributed by atoms with E-state index in [1.807, 2.05) is 24.1 Å². The van der Waals surface area contributed by atoms with E-state index in [0.717, 1.165) is 30.6 Å². The molecule has 4 nitrogen and oxygen atoms in total. The topological polar surface area (TPSA) is 56.6 Å². The van der Waals surface area contributed by atoms with Crippen LogP contribution in [0.5, 0.6) is 0 Å². The van der Waals surface area contributed by atoms with Crippen LogP contribution in [0.1, 0.15) is 31.2 Å². The number of aliphatic hydroxyl groups excluding tert-OH is 2. The Morgan fingerprint density at radius 3 is 2.71 bits per heavy atom. The highest BCUT2D eigenvalue weighted by Crippen LogP contribution is 2.25. The third kappa shape index (κ3) is 2.76. The number of hydrogen-bond donors (Lipinski definition) is 2. The summed E-state index contributed by atoms with van der Waals surface area (Å²) < 4.78 is 0. The van der Waals surface area contributed by atoms with Gasteiger partial charge in [-0.2, -0.15) is 0 Å². The largest absolute Gasteiger partial charge is 0.392 e. The summed E-state index contributed by atoms with van der Waals surface area (Å²) in [7, 11) is 1.97. The highest BCUT2D eigenvalue weighted by Gasteiger charge is 2.27. The van der Waals surface area contributed by atoms with E-state index < -0.39 is 0 Å². The highest BCUT2D eigenvalue weighted by molar-refractivity contribution is 5.40. The van der Waals surface area contributed by atoms with Crippen molar-refractivity contribution in [1.29, 1.82) is 0 Å². The second-order valence-corrected chi connectivity index (χ2v) is 4.71. The van der Waals surface area contributed by atoms with Gasteiger partial charge in [0.1, 0.15) is 5.82 Å². The third-order valence-electron chi connectivity index (χ3n) is 3.54. The van der Waals surface area contributed by atoms with Gasteiger partial charge in [0.25, 0.3) is 0 Å². The number of aromatic nitrogens is 1. The van der Waals surface area contributed by atoms with Gasteiger partial charge in [0.2, 0.25) is 0 Å². The zero-order chi connectivity index (χ0) is 12.3. The van der Waals surface area contributed by atoms with E-state index in [1.54, 1.807) is 6.20 Å². The lowest BCUT2D eigenvalue weighted by Crippen LogP contribution is -2.43. The van der Waals surface area contributed by atoms with Gasteiger partial charge < -0.3 is 15.1 Å². The Labute approximate surface area is 102 Å². The number of aliphatic hydroxyl groups is 2. The van der Waals surface area contributed by atoms with Crippen LogP contribution in [0.25, 0.3) is 0 Å². The number of rotatable bonds is 3. The zero-order valence-corrected chi connectivity index (χ0v) is 10.2. The Morgan fingerprint density at radius 2 is 2.12 bits per heavy atom. The zero-order valence-electron chi connectivity index (χ0n) is 10.2. The summed E-state index contributed by atoms with van der Waals surface area (Å²) in [6.45, 7) is 0.0169. The summed E-state index contributed by atoms with van der Waals surface area (Å²) >= 11 is 0. The lowest BCUT2D eigenvalue weighted by molar-refractivity contribution is 0.106. The van der Waals surface area contributed by atoms with Crippen LogP contribution in [0.4, 0.5) is 5.82 Å². The summed E-state index contributed by atoms with van der Waals surface area (Å²) in [4.78, 5) is 6.36. The maximum atomic E-state index is 9.99. The van der Waals surface area contributed by atoms with Gasteiger partial charge in [0.15, 0.2) is 0 Å². The fourth-order valence-electron chi connectivity index (χ4n) is 2.43. The van der Waals surface area contributed by atoms with E-state index in [4.69, 9.17) is 5.11 Å². The lowest BCUT2D eigenvalue weighted by Gasteiger charge is -2.35. The van der Waals surface area contributed by atoms with Gasteiger partial charge in [-0.1, -0.05) is 18.9 Å². The molecule has 1 aliphatic rings. The maximum absolute atomic E-state index is 9.99. The molecule has 0 amide bonds. The molecule has 0 bridgehead atoms. The van der Waals surface area contributed by atoms with Crippen LogP contribution in [0.3, 0.4) is 0 Å². The van der Waals surface area contributed by atoms with Gasteiger partial charge in [-0.05, 0) is 24.5 Å². The minimum absolute atomic E-state index is 0.0169. The molecule has 2 N–H and O–H groups in total. The van der Waals surface area contributed by atoms with Crippen molar-refractivity contribution in [2.24, 2.45) is 0 Å². The Hall–Kier alpha value is -1.13. The first-order chi connectivity index (χ1) is 8.22. The molecule has 94 valence electrons. The van der Waals surface area contributed by atoms with Crippen molar-refractivity contribution in [1.82, 2.24) is 4.98 Å². The molecule has 1 aromatic heterocycles. The SMILES string of the molecule is CN(c1ccc(CO)cn1)C1CCCCC1O. The third-order valence-corrected chi connectivity index (χ3v) is 3.54. The summed E-state index contributed by atoms with van der Waals surface area (Å²) in [6, 6.07) is 3.93. The first-order valence-electron chi connectivity index (χ1n) is 6.19. The van der Waals surface area contributed by atoms with Gasteiger partial charge in [-0.3, -0.25) is 0 Å². The molecule has 0 saturated heterocycles. The number of hydrogen-bond acceptors (Lipinski definition) is 4. The first-order valence-corrected chi connectivity index (χ1v) is 6.19. The van der Waals surface area contributed by atoms with Crippen LogP contribution in [-0.2, 0) is 6.61 Å². The molecule has 0 spiro atoms. The molecule has 4 heteroatoms. The Bertz CT molecular complexity index is 353. The van der Waals surface area contributed by atoms with E-state index >= 15 is 0 Å². The fraction of sp³-hybridized carbons (Fsp3) is 0.615. The van der Waals surface area contributed by atoms with Crippen molar-refractivity contribution in [3.8, 4) is 0 Å². The number of pyridine rings is 1. The van der Waals surface area contributed by atoms with Crippen molar-refractivity contribution < 1.29 is 10.2 Å². The van der Waals surface area contributed by atoms with E-state index in [2.05, 4.69) is 4.98 Å². The highest BCUT2D eigenvalue weighted by atomic mass is 16.3. The van der Waals surface area contributed by atoms with Crippen LogP contribution in [0.2, 0.25) is 0 Å². The van der Waals surface area contributed by atoms with Crippen molar-refractivity contribution >= 4 is 5.82 Å². The van der Waals surface area contributed by atoms with Crippen LogP contribution in [0, 0.1) is 0 Å². The van der Waals surface area contributed by atoms with Gasteiger partial charge >= 0.3 is 0 Å². The van der Waals surface area contributed by atoms with Crippen molar-refractivity contribution in [2.75, 3.05) is 11.9 Å². The maximum Gasteiger partial charge on any atom is 0.128 e. The van der Waals surface area contributed by atoms with Crippen molar-refractivity contribution in [3.05, 3.63) is 23.9 Å². The number of nitrogens with zero attached hydrogens (tertiary/aromatic N) is 2. The smallest absolute Gasteiger partial charge is 0.128 e. The molecule has 17 heavy (non-hydrogen) atoms. The summed E-state index contributed by atoms with van der Waals surface area (Å²) in [5.41, 5.74) is 0.811. The number of likely N-dealkylation sites (N-methyl/N-ethyl adjacent to an activating group) is 1. The van der Waals surface area contributed by atoms with Gasteiger partial charge in [-0.25, -0.2) is 4.98 Å². The molecule has 1 saturated carbocycles. The Kier molecular flexibility index (Phi) is 3.97. The van der Waals surface area contributed by atoms with Gasteiger partial charge in [0.05, 0.1) is 18.8 Å².